The molecule has 2 heterocycles. The van der Waals surface area contributed by atoms with Crippen LogP contribution in [-0.4, -0.2) is 22.3 Å². The Morgan fingerprint density at radius 1 is 1.00 bits per heavy atom. The predicted molar refractivity (Wildman–Crippen MR) is 126 cm³/mol. The molecule has 156 valence electrons. The smallest absolute Gasteiger partial charge is 0.0991 e. The molecular formula is C27H27N3O. The summed E-state index contributed by atoms with van der Waals surface area (Å²) >= 11 is 0. The van der Waals surface area contributed by atoms with Gasteiger partial charge in [0, 0.05) is 30.5 Å². The highest BCUT2D eigenvalue weighted by Gasteiger charge is 2.15. The number of nitrogens with zero attached hydrogens (tertiary/aromatic N) is 3. The predicted octanol–water partition coefficient (Wildman–Crippen LogP) is 6.37. The van der Waals surface area contributed by atoms with Crippen molar-refractivity contribution in [3.63, 3.8) is 0 Å². The van der Waals surface area contributed by atoms with Crippen LogP contribution >= 0.6 is 0 Å². The van der Waals surface area contributed by atoms with E-state index in [1.165, 1.54) is 5.56 Å². The molecule has 0 aliphatic carbocycles. The van der Waals surface area contributed by atoms with E-state index in [4.69, 9.17) is 9.72 Å². The van der Waals surface area contributed by atoms with E-state index in [2.05, 4.69) is 67.1 Å². The molecule has 0 spiro atoms. The standard InChI is InChI=1S/C27H27N3O/c1-4-23(31-5-2)18-30-15-14-25-26(30)16-24(21-12-8-20(17-28)9-13-21)27(29-25)22-10-6-19(3)7-11-22/h6-16,23H,4-5,18H2,1-3H3. The summed E-state index contributed by atoms with van der Waals surface area (Å²) in [5, 5.41) is 9.18. The fraction of sp³-hybridized carbons (Fsp3) is 0.259. The van der Waals surface area contributed by atoms with E-state index in [1.54, 1.807) is 0 Å². The number of aryl methyl sites for hydroxylation is 1. The average molecular weight is 410 g/mol. The molecule has 4 nitrogen and oxygen atoms in total. The van der Waals surface area contributed by atoms with Crippen LogP contribution in [0.3, 0.4) is 0 Å². The number of pyridine rings is 1. The lowest BCUT2D eigenvalue weighted by Gasteiger charge is -2.17. The van der Waals surface area contributed by atoms with E-state index in [0.29, 0.717) is 12.2 Å². The van der Waals surface area contributed by atoms with Crippen molar-refractivity contribution in [1.29, 1.82) is 5.26 Å². The first-order valence-electron chi connectivity index (χ1n) is 10.8. The van der Waals surface area contributed by atoms with Crippen molar-refractivity contribution in [3.8, 4) is 28.5 Å². The van der Waals surface area contributed by atoms with Gasteiger partial charge in [-0.25, -0.2) is 4.98 Å². The Bertz CT molecular complexity index is 1210. The van der Waals surface area contributed by atoms with Crippen LogP contribution in [-0.2, 0) is 11.3 Å². The minimum atomic E-state index is 0.177. The third-order valence-corrected chi connectivity index (χ3v) is 5.66. The van der Waals surface area contributed by atoms with Gasteiger partial charge in [-0.15, -0.1) is 0 Å². The van der Waals surface area contributed by atoms with Crippen molar-refractivity contribution < 1.29 is 4.74 Å². The molecular weight excluding hydrogens is 382 g/mol. The number of nitriles is 1. The number of rotatable bonds is 7. The molecule has 4 aromatic rings. The topological polar surface area (TPSA) is 50.8 Å². The zero-order valence-electron chi connectivity index (χ0n) is 18.3. The molecule has 2 aromatic heterocycles. The molecule has 4 rings (SSSR count). The van der Waals surface area contributed by atoms with Crippen LogP contribution in [0.1, 0.15) is 31.4 Å². The summed E-state index contributed by atoms with van der Waals surface area (Å²) in [6.45, 7) is 7.79. The van der Waals surface area contributed by atoms with E-state index in [1.807, 2.05) is 31.2 Å². The van der Waals surface area contributed by atoms with E-state index in [0.717, 1.165) is 46.4 Å². The monoisotopic (exact) mass is 409 g/mol. The number of benzene rings is 2. The van der Waals surface area contributed by atoms with Crippen LogP contribution in [0.5, 0.6) is 0 Å². The van der Waals surface area contributed by atoms with Crippen molar-refractivity contribution in [2.24, 2.45) is 0 Å². The summed E-state index contributed by atoms with van der Waals surface area (Å²) in [5.74, 6) is 0. The Kier molecular flexibility index (Phi) is 6.16. The second kappa shape index (κ2) is 9.16. The molecule has 0 aliphatic rings. The molecule has 1 unspecified atom stereocenters. The van der Waals surface area contributed by atoms with Crippen molar-refractivity contribution >= 4 is 11.0 Å². The highest BCUT2D eigenvalue weighted by molar-refractivity contribution is 5.90. The van der Waals surface area contributed by atoms with Crippen LogP contribution in [0.2, 0.25) is 0 Å². The van der Waals surface area contributed by atoms with E-state index in [-0.39, 0.29) is 6.10 Å². The molecule has 1 atom stereocenters. The summed E-state index contributed by atoms with van der Waals surface area (Å²) in [6, 6.07) is 22.7. The van der Waals surface area contributed by atoms with Crippen LogP contribution < -0.4 is 0 Å². The van der Waals surface area contributed by atoms with Crippen molar-refractivity contribution in [3.05, 3.63) is 78.0 Å². The molecule has 2 aromatic carbocycles. The SMILES string of the molecule is CCOC(CC)Cn1ccc2nc(-c3ccc(C)cc3)c(-c3ccc(C#N)cc3)cc21. The Balaban J connectivity index is 1.87. The summed E-state index contributed by atoms with van der Waals surface area (Å²) in [5.41, 5.74) is 8.08. The number of aromatic nitrogens is 2. The van der Waals surface area contributed by atoms with E-state index >= 15 is 0 Å². The molecule has 31 heavy (non-hydrogen) atoms. The summed E-state index contributed by atoms with van der Waals surface area (Å²) in [6.07, 6.45) is 3.24. The molecule has 0 aliphatic heterocycles. The lowest BCUT2D eigenvalue weighted by atomic mass is 9.97. The minimum Gasteiger partial charge on any atom is -0.377 e. The third-order valence-electron chi connectivity index (χ3n) is 5.66. The largest absolute Gasteiger partial charge is 0.377 e. The van der Waals surface area contributed by atoms with Gasteiger partial charge in [-0.05, 0) is 50.1 Å². The maximum Gasteiger partial charge on any atom is 0.0991 e. The van der Waals surface area contributed by atoms with Gasteiger partial charge in [0.15, 0.2) is 0 Å². The quantitative estimate of drug-likeness (QED) is 0.356. The van der Waals surface area contributed by atoms with Crippen molar-refractivity contribution in [2.45, 2.75) is 39.8 Å². The summed E-state index contributed by atoms with van der Waals surface area (Å²) < 4.78 is 8.12. The average Bonchev–Trinajstić information content (AvgIpc) is 3.20. The van der Waals surface area contributed by atoms with Crippen LogP contribution in [0.4, 0.5) is 0 Å². The molecule has 0 amide bonds. The first-order valence-corrected chi connectivity index (χ1v) is 10.8. The lowest BCUT2D eigenvalue weighted by molar-refractivity contribution is 0.0488. The normalized spacial score (nSPS) is 12.1. The second-order valence-electron chi connectivity index (χ2n) is 7.80. The van der Waals surface area contributed by atoms with Gasteiger partial charge in [0.2, 0.25) is 0 Å². The zero-order chi connectivity index (χ0) is 21.8. The number of ether oxygens (including phenoxy) is 1. The Labute approximate surface area is 183 Å². The highest BCUT2D eigenvalue weighted by Crippen LogP contribution is 2.34. The van der Waals surface area contributed by atoms with Crippen LogP contribution in [0.15, 0.2) is 66.9 Å². The second-order valence-corrected chi connectivity index (χ2v) is 7.80. The lowest BCUT2D eigenvalue weighted by Crippen LogP contribution is -2.18. The number of hydrogen-bond donors (Lipinski definition) is 0. The maximum atomic E-state index is 9.18. The van der Waals surface area contributed by atoms with E-state index < -0.39 is 0 Å². The molecule has 4 heteroatoms. The van der Waals surface area contributed by atoms with Gasteiger partial charge in [-0.2, -0.15) is 5.26 Å². The minimum absolute atomic E-state index is 0.177. The highest BCUT2D eigenvalue weighted by atomic mass is 16.5. The van der Waals surface area contributed by atoms with Gasteiger partial charge < -0.3 is 9.30 Å². The maximum absolute atomic E-state index is 9.18. The molecule has 0 N–H and O–H groups in total. The van der Waals surface area contributed by atoms with Crippen LogP contribution in [0, 0.1) is 18.3 Å². The van der Waals surface area contributed by atoms with Crippen LogP contribution in [0.25, 0.3) is 33.4 Å². The fourth-order valence-electron chi connectivity index (χ4n) is 3.90. The molecule has 0 saturated carbocycles. The van der Waals surface area contributed by atoms with Crippen molar-refractivity contribution in [2.75, 3.05) is 6.61 Å². The molecule has 0 saturated heterocycles. The van der Waals surface area contributed by atoms with Gasteiger partial charge in [0.25, 0.3) is 0 Å². The number of hydrogen-bond acceptors (Lipinski definition) is 3. The fourth-order valence-corrected chi connectivity index (χ4v) is 3.90. The third kappa shape index (κ3) is 4.38. The Morgan fingerprint density at radius 3 is 2.35 bits per heavy atom. The first-order chi connectivity index (χ1) is 15.1. The van der Waals surface area contributed by atoms with Gasteiger partial charge in [-0.3, -0.25) is 0 Å². The van der Waals surface area contributed by atoms with Gasteiger partial charge in [-0.1, -0.05) is 48.9 Å². The van der Waals surface area contributed by atoms with Gasteiger partial charge in [0.1, 0.15) is 0 Å². The number of fused-ring (bicyclic) bond motifs is 1. The first kappa shape index (κ1) is 20.8. The van der Waals surface area contributed by atoms with Crippen molar-refractivity contribution in [1.82, 2.24) is 9.55 Å². The van der Waals surface area contributed by atoms with Gasteiger partial charge >= 0.3 is 0 Å². The molecule has 0 radical (unpaired) electrons. The Morgan fingerprint density at radius 2 is 1.71 bits per heavy atom. The molecule has 0 bridgehead atoms. The Hall–Kier alpha value is -3.42. The van der Waals surface area contributed by atoms with Gasteiger partial charge in [0.05, 0.1) is 34.5 Å². The summed E-state index contributed by atoms with van der Waals surface area (Å²) in [7, 11) is 0. The zero-order valence-corrected chi connectivity index (χ0v) is 18.3. The summed E-state index contributed by atoms with van der Waals surface area (Å²) in [4.78, 5) is 5.07. The van der Waals surface area contributed by atoms with E-state index in [9.17, 15) is 5.26 Å². The molecule has 0 fully saturated rings.